The number of nitrogens with zero attached hydrogens (tertiary/aromatic N) is 3. The number of amides is 2. The summed E-state index contributed by atoms with van der Waals surface area (Å²) < 4.78 is 7.34. The Morgan fingerprint density at radius 3 is 2.69 bits per heavy atom. The fraction of sp³-hybridized carbons (Fsp3) is 0.391. The summed E-state index contributed by atoms with van der Waals surface area (Å²) in [5, 5.41) is 15.2. The molecular weight excluding hydrogens is 426 g/mol. The van der Waals surface area contributed by atoms with E-state index in [1.54, 1.807) is 24.5 Å². The van der Waals surface area contributed by atoms with Gasteiger partial charge in [0.1, 0.15) is 5.76 Å². The maximum absolute atomic E-state index is 12.7. The lowest BCUT2D eigenvalue weighted by atomic mass is 10.1. The third-order valence-corrected chi connectivity index (χ3v) is 6.57. The number of hydrogen-bond acceptors (Lipinski definition) is 6. The van der Waals surface area contributed by atoms with Crippen molar-refractivity contribution in [2.45, 2.75) is 57.3 Å². The van der Waals surface area contributed by atoms with E-state index in [0.29, 0.717) is 23.0 Å². The molecule has 8 nitrogen and oxygen atoms in total. The Balaban J connectivity index is 1.40. The first-order valence-corrected chi connectivity index (χ1v) is 11.9. The average Bonchev–Trinajstić information content (AvgIpc) is 3.53. The van der Waals surface area contributed by atoms with Gasteiger partial charge in [0.25, 0.3) is 5.91 Å². The summed E-state index contributed by atoms with van der Waals surface area (Å²) >= 11 is 1.31. The quantitative estimate of drug-likeness (QED) is 0.494. The summed E-state index contributed by atoms with van der Waals surface area (Å²) in [5.41, 5.74) is 1.88. The lowest BCUT2D eigenvalue weighted by Crippen LogP contribution is -2.33. The zero-order chi connectivity index (χ0) is 22.5. The zero-order valence-corrected chi connectivity index (χ0v) is 19.1. The Kier molecular flexibility index (Phi) is 6.94. The number of hydrogen-bond donors (Lipinski definition) is 2. The van der Waals surface area contributed by atoms with Crippen molar-refractivity contribution in [1.29, 1.82) is 0 Å². The third-order valence-electron chi connectivity index (χ3n) is 5.60. The van der Waals surface area contributed by atoms with Crippen LogP contribution in [0.2, 0.25) is 0 Å². The van der Waals surface area contributed by atoms with Gasteiger partial charge in [0.15, 0.2) is 11.0 Å². The molecule has 2 aromatic heterocycles. The van der Waals surface area contributed by atoms with Crippen LogP contribution < -0.4 is 10.6 Å². The van der Waals surface area contributed by atoms with Crippen molar-refractivity contribution in [2.75, 3.05) is 11.1 Å². The Labute approximate surface area is 191 Å². The second-order valence-corrected chi connectivity index (χ2v) is 8.72. The molecule has 0 atom stereocenters. The van der Waals surface area contributed by atoms with Gasteiger partial charge in [-0.1, -0.05) is 36.7 Å². The van der Waals surface area contributed by atoms with Crippen LogP contribution in [0.3, 0.4) is 0 Å². The lowest BCUT2D eigenvalue weighted by molar-refractivity contribution is -0.113. The monoisotopic (exact) mass is 453 g/mol. The van der Waals surface area contributed by atoms with Gasteiger partial charge < -0.3 is 19.6 Å². The number of rotatable bonds is 8. The third kappa shape index (κ3) is 4.88. The van der Waals surface area contributed by atoms with Gasteiger partial charge in [-0.15, -0.1) is 10.2 Å². The highest BCUT2D eigenvalue weighted by Crippen LogP contribution is 2.27. The number of thioether (sulfide) groups is 1. The smallest absolute Gasteiger partial charge is 0.253 e. The number of furan rings is 1. The number of aryl methyl sites for hydroxylation is 1. The molecule has 0 saturated heterocycles. The topological polar surface area (TPSA) is 102 Å². The van der Waals surface area contributed by atoms with Crippen LogP contribution in [0.5, 0.6) is 0 Å². The van der Waals surface area contributed by atoms with Crippen molar-refractivity contribution < 1.29 is 14.0 Å². The first-order valence-electron chi connectivity index (χ1n) is 10.9. The highest BCUT2D eigenvalue weighted by atomic mass is 32.2. The van der Waals surface area contributed by atoms with E-state index in [4.69, 9.17) is 4.42 Å². The minimum absolute atomic E-state index is 0.147. The van der Waals surface area contributed by atoms with E-state index in [1.807, 2.05) is 30.5 Å². The number of aromatic nitrogens is 3. The van der Waals surface area contributed by atoms with Gasteiger partial charge in [-0.3, -0.25) is 9.59 Å². The molecule has 1 aromatic carbocycles. The second kappa shape index (κ2) is 10.0. The normalized spacial score (nSPS) is 13.9. The van der Waals surface area contributed by atoms with Crippen molar-refractivity contribution in [3.63, 3.8) is 0 Å². The van der Waals surface area contributed by atoms with Crippen LogP contribution in [0.25, 0.3) is 11.4 Å². The highest BCUT2D eigenvalue weighted by molar-refractivity contribution is 7.99. The second-order valence-electron chi connectivity index (χ2n) is 7.78. The summed E-state index contributed by atoms with van der Waals surface area (Å²) in [6, 6.07) is 9.18. The summed E-state index contributed by atoms with van der Waals surface area (Å²) in [5.74, 6) is 1.29. The Morgan fingerprint density at radius 2 is 1.97 bits per heavy atom. The maximum Gasteiger partial charge on any atom is 0.253 e. The summed E-state index contributed by atoms with van der Waals surface area (Å²) in [7, 11) is 0. The predicted molar refractivity (Wildman–Crippen MR) is 124 cm³/mol. The molecule has 0 bridgehead atoms. The molecule has 1 fully saturated rings. The number of nitrogens with one attached hydrogen (secondary N) is 2. The van der Waals surface area contributed by atoms with E-state index in [9.17, 15) is 9.59 Å². The van der Waals surface area contributed by atoms with Crippen LogP contribution in [-0.4, -0.2) is 38.4 Å². The molecule has 1 aliphatic rings. The van der Waals surface area contributed by atoms with Crippen molar-refractivity contribution in [2.24, 2.45) is 0 Å². The van der Waals surface area contributed by atoms with E-state index in [2.05, 4.69) is 20.8 Å². The van der Waals surface area contributed by atoms with E-state index in [1.165, 1.54) is 11.8 Å². The van der Waals surface area contributed by atoms with Crippen LogP contribution in [0.15, 0.2) is 46.2 Å². The Morgan fingerprint density at radius 1 is 1.19 bits per heavy atom. The van der Waals surface area contributed by atoms with Crippen LogP contribution >= 0.6 is 11.8 Å². The number of benzene rings is 1. The van der Waals surface area contributed by atoms with E-state index >= 15 is 0 Å². The largest absolute Gasteiger partial charge is 0.469 e. The minimum atomic E-state index is -0.206. The molecule has 32 heavy (non-hydrogen) atoms. The molecule has 0 radical (unpaired) electrons. The molecule has 1 aliphatic carbocycles. The highest BCUT2D eigenvalue weighted by Gasteiger charge is 2.21. The molecule has 9 heteroatoms. The van der Waals surface area contributed by atoms with Gasteiger partial charge in [0.05, 0.1) is 28.8 Å². The molecule has 168 valence electrons. The van der Waals surface area contributed by atoms with E-state index in [-0.39, 0.29) is 23.6 Å². The molecule has 0 aliphatic heterocycles. The minimum Gasteiger partial charge on any atom is -0.469 e. The molecule has 2 amide bonds. The summed E-state index contributed by atoms with van der Waals surface area (Å²) in [6.45, 7) is 4.55. The first kappa shape index (κ1) is 22.1. The average molecular weight is 454 g/mol. The number of carbonyl (C=O) groups excluding carboxylic acids is 2. The van der Waals surface area contributed by atoms with Crippen LogP contribution in [0.4, 0.5) is 5.69 Å². The van der Waals surface area contributed by atoms with Crippen LogP contribution in [0.1, 0.15) is 48.7 Å². The maximum atomic E-state index is 12.7. The fourth-order valence-corrected chi connectivity index (χ4v) is 4.74. The Bertz CT molecular complexity index is 1100. The molecule has 0 spiro atoms. The van der Waals surface area contributed by atoms with Gasteiger partial charge in [0.2, 0.25) is 5.91 Å². The van der Waals surface area contributed by atoms with Crippen LogP contribution in [-0.2, 0) is 11.3 Å². The van der Waals surface area contributed by atoms with Crippen molar-refractivity contribution >= 4 is 29.3 Å². The molecule has 3 aromatic rings. The molecule has 2 heterocycles. The van der Waals surface area contributed by atoms with Gasteiger partial charge in [0, 0.05) is 12.6 Å². The SMILES string of the molecule is CCn1c(SCC(=O)Nc2ccccc2C(=O)NC2CCCC2)nnc1-c1ccoc1C. The van der Waals surface area contributed by atoms with E-state index < -0.39 is 0 Å². The predicted octanol–water partition coefficient (Wildman–Crippen LogP) is 4.27. The van der Waals surface area contributed by atoms with Crippen molar-refractivity contribution in [3.05, 3.63) is 47.9 Å². The lowest BCUT2D eigenvalue weighted by Gasteiger charge is -2.15. The van der Waals surface area contributed by atoms with Crippen LogP contribution in [0, 0.1) is 6.92 Å². The van der Waals surface area contributed by atoms with Gasteiger partial charge in [-0.2, -0.15) is 0 Å². The van der Waals surface area contributed by atoms with Crippen molar-refractivity contribution in [1.82, 2.24) is 20.1 Å². The first-order chi connectivity index (χ1) is 15.6. The number of carbonyl (C=O) groups is 2. The summed E-state index contributed by atoms with van der Waals surface area (Å²) in [4.78, 5) is 25.4. The number of para-hydroxylation sites is 1. The van der Waals surface area contributed by atoms with Crippen molar-refractivity contribution in [3.8, 4) is 11.4 Å². The van der Waals surface area contributed by atoms with Gasteiger partial charge in [-0.05, 0) is 44.9 Å². The molecule has 0 unspecified atom stereocenters. The molecule has 2 N–H and O–H groups in total. The summed E-state index contributed by atoms with van der Waals surface area (Å²) in [6.07, 6.45) is 5.93. The molecule has 1 saturated carbocycles. The Hall–Kier alpha value is -3.07. The van der Waals surface area contributed by atoms with Gasteiger partial charge in [-0.25, -0.2) is 0 Å². The van der Waals surface area contributed by atoms with Gasteiger partial charge >= 0.3 is 0 Å². The standard InChI is InChI=1S/C23H27N5O3S/c1-3-28-21(17-12-13-31-15(17)2)26-27-23(28)32-14-20(29)25-19-11-7-6-10-18(19)22(30)24-16-8-4-5-9-16/h6-7,10-13,16H,3-5,8-9,14H2,1-2H3,(H,24,30)(H,25,29). The molecule has 4 rings (SSSR count). The number of anilines is 1. The fourth-order valence-electron chi connectivity index (χ4n) is 3.94. The molecular formula is C23H27N5O3S. The van der Waals surface area contributed by atoms with E-state index in [0.717, 1.165) is 42.8 Å². The zero-order valence-electron chi connectivity index (χ0n) is 18.3.